The number of nitrogens with zero attached hydrogens (tertiary/aromatic N) is 1. The van der Waals surface area contributed by atoms with Crippen molar-refractivity contribution in [2.45, 2.75) is 6.92 Å². The SMILES string of the molecule is COC(=O)c1sccc1NC(=O)c1cc(C)nc2ccccc12. The van der Waals surface area contributed by atoms with E-state index >= 15 is 0 Å². The monoisotopic (exact) mass is 326 g/mol. The number of hydrogen-bond donors (Lipinski definition) is 1. The summed E-state index contributed by atoms with van der Waals surface area (Å²) in [7, 11) is 1.31. The van der Waals surface area contributed by atoms with Crippen LogP contribution >= 0.6 is 11.3 Å². The summed E-state index contributed by atoms with van der Waals surface area (Å²) in [5, 5.41) is 5.29. The molecule has 23 heavy (non-hydrogen) atoms. The minimum Gasteiger partial charge on any atom is -0.465 e. The van der Waals surface area contributed by atoms with Gasteiger partial charge >= 0.3 is 5.97 Å². The van der Waals surface area contributed by atoms with E-state index in [0.29, 0.717) is 16.1 Å². The normalized spacial score (nSPS) is 10.5. The number of hydrogen-bond acceptors (Lipinski definition) is 5. The molecule has 3 aromatic rings. The maximum atomic E-state index is 12.7. The Balaban J connectivity index is 1.99. The van der Waals surface area contributed by atoms with Gasteiger partial charge in [0.05, 0.1) is 23.9 Å². The number of aromatic nitrogens is 1. The molecule has 0 aliphatic heterocycles. The van der Waals surface area contributed by atoms with Crippen molar-refractivity contribution in [2.75, 3.05) is 12.4 Å². The Bertz CT molecular complexity index is 902. The molecule has 1 N–H and O–H groups in total. The van der Waals surface area contributed by atoms with Crippen molar-refractivity contribution in [3.63, 3.8) is 0 Å². The molecule has 0 saturated carbocycles. The van der Waals surface area contributed by atoms with Gasteiger partial charge in [0.1, 0.15) is 4.88 Å². The van der Waals surface area contributed by atoms with Crippen molar-refractivity contribution in [1.29, 1.82) is 0 Å². The highest BCUT2D eigenvalue weighted by atomic mass is 32.1. The second-order valence-corrected chi connectivity index (χ2v) is 5.85. The van der Waals surface area contributed by atoms with E-state index in [0.717, 1.165) is 16.6 Å². The average molecular weight is 326 g/mol. The van der Waals surface area contributed by atoms with Crippen molar-refractivity contribution in [3.8, 4) is 0 Å². The molecular formula is C17H14N2O3S. The van der Waals surface area contributed by atoms with E-state index in [1.807, 2.05) is 31.2 Å². The van der Waals surface area contributed by atoms with E-state index in [1.165, 1.54) is 18.4 Å². The van der Waals surface area contributed by atoms with Gasteiger partial charge in [-0.3, -0.25) is 9.78 Å². The first-order valence-electron chi connectivity index (χ1n) is 6.93. The third-order valence-electron chi connectivity index (χ3n) is 3.37. The van der Waals surface area contributed by atoms with Gasteiger partial charge in [0, 0.05) is 11.1 Å². The summed E-state index contributed by atoms with van der Waals surface area (Å²) in [5.41, 5.74) is 2.49. The Morgan fingerprint density at radius 2 is 2.00 bits per heavy atom. The second kappa shape index (κ2) is 6.18. The van der Waals surface area contributed by atoms with Crippen molar-refractivity contribution in [3.05, 3.63) is 57.9 Å². The predicted molar refractivity (Wildman–Crippen MR) is 90.1 cm³/mol. The molecule has 5 nitrogen and oxygen atoms in total. The molecule has 0 aliphatic rings. The molecule has 0 radical (unpaired) electrons. The smallest absolute Gasteiger partial charge is 0.350 e. The summed E-state index contributed by atoms with van der Waals surface area (Å²) in [6.45, 7) is 1.84. The molecule has 3 rings (SSSR count). The topological polar surface area (TPSA) is 68.3 Å². The summed E-state index contributed by atoms with van der Waals surface area (Å²) >= 11 is 1.22. The van der Waals surface area contributed by atoms with Crippen LogP contribution in [0, 0.1) is 6.92 Å². The van der Waals surface area contributed by atoms with Crippen LogP contribution < -0.4 is 5.32 Å². The Labute approximate surface area is 136 Å². The highest BCUT2D eigenvalue weighted by Gasteiger charge is 2.18. The molecule has 1 amide bonds. The molecule has 0 fully saturated rings. The van der Waals surface area contributed by atoms with Crippen LogP contribution in [0.5, 0.6) is 0 Å². The van der Waals surface area contributed by atoms with Gasteiger partial charge in [0.2, 0.25) is 0 Å². The molecule has 0 unspecified atom stereocenters. The minimum atomic E-state index is -0.467. The van der Waals surface area contributed by atoms with E-state index in [2.05, 4.69) is 10.3 Å². The number of thiophene rings is 1. The van der Waals surface area contributed by atoms with Gasteiger partial charge in [-0.15, -0.1) is 11.3 Å². The van der Waals surface area contributed by atoms with Crippen molar-refractivity contribution < 1.29 is 14.3 Å². The number of carbonyl (C=O) groups excluding carboxylic acids is 2. The predicted octanol–water partition coefficient (Wildman–Crippen LogP) is 3.64. The fraction of sp³-hybridized carbons (Fsp3) is 0.118. The number of para-hydroxylation sites is 1. The lowest BCUT2D eigenvalue weighted by molar-refractivity contribution is 0.0607. The highest BCUT2D eigenvalue weighted by Crippen LogP contribution is 2.25. The first-order valence-corrected chi connectivity index (χ1v) is 7.81. The van der Waals surface area contributed by atoms with Gasteiger partial charge in [0.25, 0.3) is 5.91 Å². The fourth-order valence-corrected chi connectivity index (χ4v) is 3.11. The van der Waals surface area contributed by atoms with Crippen LogP contribution in [0.2, 0.25) is 0 Å². The lowest BCUT2D eigenvalue weighted by Gasteiger charge is -2.09. The first kappa shape index (κ1) is 15.2. The largest absolute Gasteiger partial charge is 0.465 e. The summed E-state index contributed by atoms with van der Waals surface area (Å²) in [4.78, 5) is 29.2. The molecule has 0 bridgehead atoms. The standard InChI is InChI=1S/C17H14N2O3S/c1-10-9-12(11-5-3-4-6-13(11)18-10)16(20)19-14-7-8-23-15(14)17(21)22-2/h3-9H,1-2H3,(H,19,20). The zero-order valence-electron chi connectivity index (χ0n) is 12.6. The third kappa shape index (κ3) is 2.93. The maximum Gasteiger partial charge on any atom is 0.350 e. The van der Waals surface area contributed by atoms with Crippen molar-refractivity contribution >= 4 is 39.8 Å². The molecular weight excluding hydrogens is 312 g/mol. The molecule has 1 aromatic carbocycles. The van der Waals surface area contributed by atoms with Crippen molar-refractivity contribution in [2.24, 2.45) is 0 Å². The van der Waals surface area contributed by atoms with E-state index in [1.54, 1.807) is 17.5 Å². The van der Waals surface area contributed by atoms with E-state index in [9.17, 15) is 9.59 Å². The molecule has 2 heterocycles. The number of nitrogens with one attached hydrogen (secondary N) is 1. The van der Waals surface area contributed by atoms with Gasteiger partial charge in [0.15, 0.2) is 0 Å². The van der Waals surface area contributed by atoms with Crippen molar-refractivity contribution in [1.82, 2.24) is 4.98 Å². The number of ether oxygens (including phenoxy) is 1. The fourth-order valence-electron chi connectivity index (χ4n) is 2.34. The minimum absolute atomic E-state index is 0.282. The number of fused-ring (bicyclic) bond motifs is 1. The van der Waals surface area contributed by atoms with Crippen LogP contribution in [0.3, 0.4) is 0 Å². The van der Waals surface area contributed by atoms with Crippen LogP contribution in [0.4, 0.5) is 5.69 Å². The van der Waals surface area contributed by atoms with E-state index in [-0.39, 0.29) is 5.91 Å². The molecule has 116 valence electrons. The molecule has 0 atom stereocenters. The second-order valence-electron chi connectivity index (χ2n) is 4.94. The summed E-state index contributed by atoms with van der Waals surface area (Å²) in [5.74, 6) is -0.749. The van der Waals surface area contributed by atoms with Gasteiger partial charge in [-0.2, -0.15) is 0 Å². The molecule has 0 aliphatic carbocycles. The van der Waals surface area contributed by atoms with Gasteiger partial charge in [-0.25, -0.2) is 4.79 Å². The third-order valence-corrected chi connectivity index (χ3v) is 4.27. The number of methoxy groups -OCH3 is 1. The van der Waals surface area contributed by atoms with Gasteiger partial charge in [-0.05, 0) is 30.5 Å². The lowest BCUT2D eigenvalue weighted by Crippen LogP contribution is -2.15. The molecule has 2 aromatic heterocycles. The number of aryl methyl sites for hydroxylation is 1. The highest BCUT2D eigenvalue weighted by molar-refractivity contribution is 7.12. The van der Waals surface area contributed by atoms with Crippen LogP contribution in [0.15, 0.2) is 41.8 Å². The summed E-state index contributed by atoms with van der Waals surface area (Å²) in [6.07, 6.45) is 0. The summed E-state index contributed by atoms with van der Waals surface area (Å²) in [6, 6.07) is 10.9. The Morgan fingerprint density at radius 3 is 2.78 bits per heavy atom. The number of rotatable bonds is 3. The quantitative estimate of drug-likeness (QED) is 0.746. The number of esters is 1. The first-order chi connectivity index (χ1) is 11.1. The molecule has 6 heteroatoms. The Hall–Kier alpha value is -2.73. The average Bonchev–Trinajstić information content (AvgIpc) is 3.01. The van der Waals surface area contributed by atoms with E-state index < -0.39 is 5.97 Å². The van der Waals surface area contributed by atoms with E-state index in [4.69, 9.17) is 4.74 Å². The maximum absolute atomic E-state index is 12.7. The van der Waals surface area contributed by atoms with Crippen LogP contribution in [0.25, 0.3) is 10.9 Å². The van der Waals surface area contributed by atoms with Crippen LogP contribution in [-0.2, 0) is 4.74 Å². The molecule has 0 saturated heterocycles. The number of benzene rings is 1. The zero-order valence-corrected chi connectivity index (χ0v) is 13.4. The van der Waals surface area contributed by atoms with Crippen LogP contribution in [0.1, 0.15) is 25.7 Å². The number of carbonyl (C=O) groups is 2. The molecule has 0 spiro atoms. The number of anilines is 1. The number of pyridine rings is 1. The lowest BCUT2D eigenvalue weighted by atomic mass is 10.1. The number of amides is 1. The zero-order chi connectivity index (χ0) is 16.4. The summed E-state index contributed by atoms with van der Waals surface area (Å²) < 4.78 is 4.72. The van der Waals surface area contributed by atoms with Gasteiger partial charge < -0.3 is 10.1 Å². The van der Waals surface area contributed by atoms with Gasteiger partial charge in [-0.1, -0.05) is 18.2 Å². The Morgan fingerprint density at radius 1 is 1.22 bits per heavy atom. The Kier molecular flexibility index (Phi) is 4.08. The van der Waals surface area contributed by atoms with Crippen LogP contribution in [-0.4, -0.2) is 24.0 Å².